The number of Topliss-reactive ketones (excluding diaryl/α,β-unsaturated/α-hetero) is 1. The quantitative estimate of drug-likeness (QED) is 0.512. The summed E-state index contributed by atoms with van der Waals surface area (Å²) in [5.74, 6) is 0.441. The van der Waals surface area contributed by atoms with E-state index in [9.17, 15) is 4.79 Å². The molecular weight excluding hydrogens is 220 g/mol. The zero-order valence-electron chi connectivity index (χ0n) is 12.2. The van der Waals surface area contributed by atoms with Gasteiger partial charge >= 0.3 is 0 Å². The summed E-state index contributed by atoms with van der Waals surface area (Å²) in [4.78, 5) is 11.7. The van der Waals surface area contributed by atoms with Crippen LogP contribution in [0.15, 0.2) is 11.6 Å². The maximum atomic E-state index is 11.7. The molecule has 0 aromatic heterocycles. The van der Waals surface area contributed by atoms with Crippen LogP contribution in [0.25, 0.3) is 0 Å². The second kappa shape index (κ2) is 10.3. The van der Waals surface area contributed by atoms with E-state index in [1.165, 1.54) is 69.8 Å². The molecule has 0 unspecified atom stereocenters. The lowest BCUT2D eigenvalue weighted by Crippen LogP contribution is -1.98. The molecule has 0 bridgehead atoms. The molecule has 0 aromatic rings. The summed E-state index contributed by atoms with van der Waals surface area (Å²) >= 11 is 0. The Hall–Kier alpha value is -0.590. The molecule has 1 heteroatoms. The van der Waals surface area contributed by atoms with E-state index in [0.717, 1.165) is 12.8 Å². The third kappa shape index (κ3) is 8.49. The van der Waals surface area contributed by atoms with Crippen LogP contribution in [-0.4, -0.2) is 5.78 Å². The third-order valence-corrected chi connectivity index (χ3v) is 3.88. The van der Waals surface area contributed by atoms with Gasteiger partial charge in [0.15, 0.2) is 0 Å². The Balaban J connectivity index is 2.30. The van der Waals surface area contributed by atoms with Gasteiger partial charge in [-0.15, -0.1) is 0 Å². The molecule has 0 aliphatic heterocycles. The molecule has 0 radical (unpaired) electrons. The zero-order chi connectivity index (χ0) is 13.1. The lowest BCUT2D eigenvalue weighted by atomic mass is 10.0. The monoisotopic (exact) mass is 250 g/mol. The maximum Gasteiger partial charge on any atom is 0.136 e. The summed E-state index contributed by atoms with van der Waals surface area (Å²) < 4.78 is 0. The van der Waals surface area contributed by atoms with E-state index in [0.29, 0.717) is 12.2 Å². The Morgan fingerprint density at radius 3 is 1.89 bits per heavy atom. The smallest absolute Gasteiger partial charge is 0.136 e. The predicted molar refractivity (Wildman–Crippen MR) is 78.8 cm³/mol. The van der Waals surface area contributed by atoms with Gasteiger partial charge in [-0.25, -0.2) is 0 Å². The molecule has 0 saturated carbocycles. The molecule has 1 aliphatic rings. The van der Waals surface area contributed by atoms with Crippen molar-refractivity contribution in [1.82, 2.24) is 0 Å². The van der Waals surface area contributed by atoms with Crippen molar-refractivity contribution in [3.05, 3.63) is 11.6 Å². The fraction of sp³-hybridized carbons (Fsp3) is 0.824. The van der Waals surface area contributed by atoms with Crippen molar-refractivity contribution in [2.75, 3.05) is 0 Å². The van der Waals surface area contributed by atoms with Crippen LogP contribution >= 0.6 is 0 Å². The van der Waals surface area contributed by atoms with E-state index in [1.807, 2.05) is 0 Å². The van der Waals surface area contributed by atoms with Crippen LogP contribution in [0.3, 0.4) is 0 Å². The summed E-state index contributed by atoms with van der Waals surface area (Å²) in [7, 11) is 0. The van der Waals surface area contributed by atoms with Gasteiger partial charge in [-0.3, -0.25) is 4.79 Å². The number of allylic oxidation sites excluding steroid dienone is 2. The molecule has 1 aliphatic carbocycles. The van der Waals surface area contributed by atoms with E-state index in [1.54, 1.807) is 0 Å². The highest BCUT2D eigenvalue weighted by atomic mass is 16.1. The van der Waals surface area contributed by atoms with E-state index in [-0.39, 0.29) is 0 Å². The first kappa shape index (κ1) is 15.5. The van der Waals surface area contributed by atoms with Crippen LogP contribution < -0.4 is 0 Å². The van der Waals surface area contributed by atoms with E-state index in [2.05, 4.69) is 13.0 Å². The number of hydrogen-bond donors (Lipinski definition) is 0. The van der Waals surface area contributed by atoms with Gasteiger partial charge in [0.25, 0.3) is 0 Å². The topological polar surface area (TPSA) is 17.1 Å². The van der Waals surface area contributed by atoms with Crippen molar-refractivity contribution in [1.29, 1.82) is 0 Å². The summed E-state index contributed by atoms with van der Waals surface area (Å²) in [6.07, 6.45) is 18.3. The van der Waals surface area contributed by atoms with E-state index >= 15 is 0 Å². The average molecular weight is 250 g/mol. The zero-order valence-corrected chi connectivity index (χ0v) is 12.2. The van der Waals surface area contributed by atoms with Crippen LogP contribution in [0.1, 0.15) is 90.4 Å². The fourth-order valence-corrected chi connectivity index (χ4v) is 2.70. The summed E-state index contributed by atoms with van der Waals surface area (Å²) in [6.45, 7) is 2.11. The molecule has 0 atom stereocenters. The molecule has 1 rings (SSSR count). The number of carbonyl (C=O) groups excluding carboxylic acids is 1. The number of rotatable bonds is 0. The molecule has 0 saturated heterocycles. The number of hydrogen-bond acceptors (Lipinski definition) is 1. The highest BCUT2D eigenvalue weighted by Crippen LogP contribution is 2.15. The summed E-state index contributed by atoms with van der Waals surface area (Å²) in [5, 5.41) is 0. The van der Waals surface area contributed by atoms with Gasteiger partial charge in [-0.2, -0.15) is 0 Å². The largest absolute Gasteiger partial charge is 0.299 e. The minimum atomic E-state index is 0.441. The van der Waals surface area contributed by atoms with Crippen molar-refractivity contribution >= 4 is 5.78 Å². The highest BCUT2D eigenvalue weighted by molar-refractivity contribution is 5.80. The average Bonchev–Trinajstić information content (AvgIpc) is 2.33. The van der Waals surface area contributed by atoms with Gasteiger partial charge in [-0.05, 0) is 26.2 Å². The second-order valence-corrected chi connectivity index (χ2v) is 5.84. The van der Waals surface area contributed by atoms with Crippen LogP contribution in [0.4, 0.5) is 0 Å². The molecule has 0 N–H and O–H groups in total. The van der Waals surface area contributed by atoms with Crippen molar-refractivity contribution in [3.8, 4) is 0 Å². The Kier molecular flexibility index (Phi) is 8.89. The predicted octanol–water partition coefficient (Wildman–Crippen LogP) is 5.59. The summed E-state index contributed by atoms with van der Waals surface area (Å²) in [6, 6.07) is 0. The lowest BCUT2D eigenvalue weighted by Gasteiger charge is -2.05. The molecule has 104 valence electrons. The van der Waals surface area contributed by atoms with Crippen LogP contribution in [0.5, 0.6) is 0 Å². The van der Waals surface area contributed by atoms with Crippen molar-refractivity contribution in [2.24, 2.45) is 0 Å². The van der Waals surface area contributed by atoms with E-state index in [4.69, 9.17) is 0 Å². The standard InChI is InChI=1S/C17H30O/c1-16-13-11-9-7-5-3-2-4-6-8-10-12-14-17(18)15-16/h13H,2-12,14-15H2,1H3/b16-13-. The SMILES string of the molecule is C/C1=C/CCCCCCCCCCCCC(=O)C1. The van der Waals surface area contributed by atoms with Gasteiger partial charge in [-0.1, -0.05) is 63.0 Å². The second-order valence-electron chi connectivity index (χ2n) is 5.84. The first-order valence-electron chi connectivity index (χ1n) is 7.96. The van der Waals surface area contributed by atoms with Crippen LogP contribution in [0.2, 0.25) is 0 Å². The first-order valence-corrected chi connectivity index (χ1v) is 7.96. The van der Waals surface area contributed by atoms with E-state index < -0.39 is 0 Å². The van der Waals surface area contributed by atoms with Crippen LogP contribution in [0, 0.1) is 0 Å². The van der Waals surface area contributed by atoms with Gasteiger partial charge in [0.1, 0.15) is 5.78 Å². The van der Waals surface area contributed by atoms with Crippen LogP contribution in [-0.2, 0) is 4.79 Å². The Morgan fingerprint density at radius 2 is 1.28 bits per heavy atom. The van der Waals surface area contributed by atoms with Crippen molar-refractivity contribution in [3.63, 3.8) is 0 Å². The molecule has 0 aromatic carbocycles. The molecule has 0 spiro atoms. The third-order valence-electron chi connectivity index (χ3n) is 3.88. The molecular formula is C17H30O. The minimum Gasteiger partial charge on any atom is -0.299 e. The minimum absolute atomic E-state index is 0.441. The maximum absolute atomic E-state index is 11.7. The molecule has 1 nitrogen and oxygen atoms in total. The highest BCUT2D eigenvalue weighted by Gasteiger charge is 2.03. The summed E-state index contributed by atoms with van der Waals surface area (Å²) in [5.41, 5.74) is 1.28. The normalized spacial score (nSPS) is 25.4. The van der Waals surface area contributed by atoms with Crippen molar-refractivity contribution in [2.45, 2.75) is 90.4 Å². The van der Waals surface area contributed by atoms with Crippen molar-refractivity contribution < 1.29 is 4.79 Å². The molecule has 18 heavy (non-hydrogen) atoms. The number of carbonyl (C=O) groups is 1. The van der Waals surface area contributed by atoms with Gasteiger partial charge in [0.05, 0.1) is 0 Å². The van der Waals surface area contributed by atoms with Gasteiger partial charge in [0, 0.05) is 12.8 Å². The molecule has 0 fully saturated rings. The van der Waals surface area contributed by atoms with Gasteiger partial charge < -0.3 is 0 Å². The number of ketones is 1. The Bertz CT molecular complexity index is 252. The Labute approximate surface area is 113 Å². The van der Waals surface area contributed by atoms with Gasteiger partial charge in [0.2, 0.25) is 0 Å². The molecule has 0 heterocycles. The molecule has 0 amide bonds. The lowest BCUT2D eigenvalue weighted by molar-refractivity contribution is -0.118. The fourth-order valence-electron chi connectivity index (χ4n) is 2.70. The first-order chi connectivity index (χ1) is 8.79. The Morgan fingerprint density at radius 1 is 0.778 bits per heavy atom.